The minimum atomic E-state index is -0.436. The van der Waals surface area contributed by atoms with Crippen LogP contribution in [-0.4, -0.2) is 28.8 Å². The third kappa shape index (κ3) is 1.21. The highest BCUT2D eigenvalue weighted by molar-refractivity contribution is 5.85. The first kappa shape index (κ1) is 8.82. The summed E-state index contributed by atoms with van der Waals surface area (Å²) in [7, 11) is 0. The van der Waals surface area contributed by atoms with Gasteiger partial charge in [-0.25, -0.2) is 14.9 Å². The average molecular weight is 191 g/mol. The summed E-state index contributed by atoms with van der Waals surface area (Å²) in [6.45, 7) is 0. The molecule has 0 saturated carbocycles. The van der Waals surface area contributed by atoms with Crippen molar-refractivity contribution >= 4 is 24.8 Å². The molecule has 0 aromatic carbocycles. The van der Waals surface area contributed by atoms with Crippen molar-refractivity contribution in [1.82, 2.24) is 15.7 Å². The molecule has 0 spiro atoms. The molecule has 0 aliphatic carbocycles. The van der Waals surface area contributed by atoms with Crippen LogP contribution in [0.5, 0.6) is 0 Å². The molecule has 12 heavy (non-hydrogen) atoms. The Kier molecular flexibility index (Phi) is 2.20. The Hall–Kier alpha value is -1.27. The predicted octanol–water partition coefficient (Wildman–Crippen LogP) is -0.378. The molecule has 1 atom stereocenters. The average Bonchev–Trinajstić information content (AvgIpc) is 2.32. The van der Waals surface area contributed by atoms with E-state index in [1.165, 1.54) is 12.5 Å². The van der Waals surface area contributed by atoms with Crippen LogP contribution in [0.1, 0.15) is 0 Å². The molecule has 0 saturated heterocycles. The molecule has 0 fully saturated rings. The number of rotatable bonds is 0. The van der Waals surface area contributed by atoms with Gasteiger partial charge in [0, 0.05) is 6.20 Å². The van der Waals surface area contributed by atoms with Crippen molar-refractivity contribution in [2.45, 2.75) is 6.17 Å². The van der Waals surface area contributed by atoms with E-state index >= 15 is 0 Å². The van der Waals surface area contributed by atoms with Gasteiger partial charge in [0.15, 0.2) is 6.17 Å². The number of amides is 2. The lowest BCUT2D eigenvalue weighted by atomic mass is 10.3. The summed E-state index contributed by atoms with van der Waals surface area (Å²) in [5.41, 5.74) is 0.518. The van der Waals surface area contributed by atoms with E-state index in [-0.39, 0.29) is 18.4 Å². The Balaban J connectivity index is 0.000000720. The van der Waals surface area contributed by atoms with Crippen molar-refractivity contribution < 1.29 is 10.0 Å². The zero-order chi connectivity index (χ0) is 7.84. The van der Waals surface area contributed by atoms with Gasteiger partial charge in [-0.3, -0.25) is 5.21 Å². The van der Waals surface area contributed by atoms with Crippen molar-refractivity contribution in [3.05, 3.63) is 11.9 Å². The number of halogens is 1. The van der Waals surface area contributed by atoms with Crippen molar-refractivity contribution in [1.29, 1.82) is 0 Å². The van der Waals surface area contributed by atoms with Gasteiger partial charge in [-0.1, -0.05) is 0 Å². The number of nitrogens with zero attached hydrogens (tertiary/aromatic N) is 2. The summed E-state index contributed by atoms with van der Waals surface area (Å²) in [6, 6.07) is -0.314. The van der Waals surface area contributed by atoms with E-state index in [9.17, 15) is 4.79 Å². The number of hydrogen-bond donors (Lipinski definition) is 3. The number of fused-ring (bicyclic) bond motifs is 1. The maximum atomic E-state index is 10.7. The van der Waals surface area contributed by atoms with Crippen LogP contribution in [0.25, 0.3) is 0 Å². The zero-order valence-electron chi connectivity index (χ0n) is 5.89. The minimum Gasteiger partial charge on any atom is -0.313 e. The molecule has 2 rings (SSSR count). The summed E-state index contributed by atoms with van der Waals surface area (Å²) in [6.07, 6.45) is 2.22. The number of carbonyl (C=O) groups excluding carboxylic acids is 1. The monoisotopic (exact) mass is 190 g/mol. The molecular weight excluding hydrogens is 184 g/mol. The van der Waals surface area contributed by atoms with Gasteiger partial charge in [-0.05, 0) is 0 Å². The van der Waals surface area contributed by atoms with E-state index in [1.54, 1.807) is 0 Å². The molecule has 2 heterocycles. The SMILES string of the molecule is Cl.O=C1NC=C2C(N=CN2O)N1. The maximum absolute atomic E-state index is 10.7. The van der Waals surface area contributed by atoms with Crippen LogP contribution in [0.2, 0.25) is 0 Å². The van der Waals surface area contributed by atoms with Crippen LogP contribution in [0, 0.1) is 0 Å². The topological polar surface area (TPSA) is 77.0 Å². The summed E-state index contributed by atoms with van der Waals surface area (Å²) in [4.78, 5) is 14.5. The lowest BCUT2D eigenvalue weighted by Gasteiger charge is -2.19. The lowest BCUT2D eigenvalue weighted by Crippen LogP contribution is -2.45. The Morgan fingerprint density at radius 2 is 2.42 bits per heavy atom. The number of hydrogen-bond acceptors (Lipinski definition) is 4. The molecule has 6 nitrogen and oxygen atoms in total. The van der Waals surface area contributed by atoms with Crippen molar-refractivity contribution in [3.63, 3.8) is 0 Å². The first-order chi connectivity index (χ1) is 5.27. The highest BCUT2D eigenvalue weighted by atomic mass is 35.5. The third-order valence-corrected chi connectivity index (χ3v) is 1.49. The number of carbonyl (C=O) groups is 1. The van der Waals surface area contributed by atoms with Gasteiger partial charge in [0.25, 0.3) is 0 Å². The van der Waals surface area contributed by atoms with Gasteiger partial charge < -0.3 is 10.6 Å². The Bertz CT molecular complexity index is 264. The Morgan fingerprint density at radius 1 is 1.67 bits per heavy atom. The number of hydroxylamine groups is 2. The van der Waals surface area contributed by atoms with E-state index in [4.69, 9.17) is 5.21 Å². The van der Waals surface area contributed by atoms with E-state index in [0.717, 1.165) is 5.06 Å². The highest BCUT2D eigenvalue weighted by Gasteiger charge is 2.27. The summed E-state index contributed by atoms with van der Waals surface area (Å²) >= 11 is 0. The van der Waals surface area contributed by atoms with Crippen LogP contribution >= 0.6 is 12.4 Å². The molecule has 1 unspecified atom stereocenters. The van der Waals surface area contributed by atoms with Crippen LogP contribution < -0.4 is 10.6 Å². The van der Waals surface area contributed by atoms with Crippen LogP contribution in [0.4, 0.5) is 4.79 Å². The standard InChI is InChI=1S/C5H6N4O2.ClH/c10-5-6-1-3-4(8-5)7-2-9(3)11;/h1-2,4,11H,(H2,6,8,10);1H. The van der Waals surface area contributed by atoms with Crippen molar-refractivity contribution in [2.75, 3.05) is 0 Å². The van der Waals surface area contributed by atoms with Gasteiger partial charge in [0.05, 0.1) is 0 Å². The molecule has 0 aromatic heterocycles. The first-order valence-corrected chi connectivity index (χ1v) is 3.06. The largest absolute Gasteiger partial charge is 0.320 e. The molecule has 0 bridgehead atoms. The first-order valence-electron chi connectivity index (χ1n) is 3.06. The van der Waals surface area contributed by atoms with E-state index < -0.39 is 6.17 Å². The molecule has 2 aliphatic heterocycles. The van der Waals surface area contributed by atoms with Gasteiger partial charge in [-0.2, -0.15) is 0 Å². The second kappa shape index (κ2) is 3.00. The normalized spacial score (nSPS) is 25.1. The summed E-state index contributed by atoms with van der Waals surface area (Å²) in [5, 5.41) is 14.8. The molecule has 7 heteroatoms. The molecule has 0 aromatic rings. The number of urea groups is 1. The smallest absolute Gasteiger partial charge is 0.313 e. The minimum absolute atomic E-state index is 0. The quantitative estimate of drug-likeness (QED) is 0.488. The summed E-state index contributed by atoms with van der Waals surface area (Å²) < 4.78 is 0. The van der Waals surface area contributed by atoms with Crippen LogP contribution in [0.15, 0.2) is 16.9 Å². The molecule has 2 amide bonds. The number of aliphatic imine (C=N–C) groups is 1. The van der Waals surface area contributed by atoms with Gasteiger partial charge in [0.1, 0.15) is 12.0 Å². The van der Waals surface area contributed by atoms with E-state index in [2.05, 4.69) is 15.6 Å². The zero-order valence-corrected chi connectivity index (χ0v) is 6.71. The fourth-order valence-electron chi connectivity index (χ4n) is 0.960. The lowest BCUT2D eigenvalue weighted by molar-refractivity contribution is 0.0286. The van der Waals surface area contributed by atoms with Crippen LogP contribution in [0.3, 0.4) is 0 Å². The molecular formula is C5H7ClN4O2. The highest BCUT2D eigenvalue weighted by Crippen LogP contribution is 2.14. The van der Waals surface area contributed by atoms with Crippen molar-refractivity contribution in [2.24, 2.45) is 4.99 Å². The molecule has 3 N–H and O–H groups in total. The van der Waals surface area contributed by atoms with Crippen LogP contribution in [-0.2, 0) is 0 Å². The van der Waals surface area contributed by atoms with Gasteiger partial charge >= 0.3 is 6.03 Å². The molecule has 66 valence electrons. The Morgan fingerprint density at radius 3 is 3.17 bits per heavy atom. The fourth-order valence-corrected chi connectivity index (χ4v) is 0.960. The summed E-state index contributed by atoms with van der Waals surface area (Å²) in [5.74, 6) is 0. The number of nitrogens with one attached hydrogen (secondary N) is 2. The third-order valence-electron chi connectivity index (χ3n) is 1.49. The van der Waals surface area contributed by atoms with E-state index in [1.807, 2.05) is 0 Å². The van der Waals surface area contributed by atoms with Gasteiger partial charge in [0.2, 0.25) is 0 Å². The van der Waals surface area contributed by atoms with Gasteiger partial charge in [-0.15, -0.1) is 12.4 Å². The second-order valence-corrected chi connectivity index (χ2v) is 2.20. The fraction of sp³-hybridized carbons (Fsp3) is 0.200. The van der Waals surface area contributed by atoms with Crippen molar-refractivity contribution in [3.8, 4) is 0 Å². The molecule has 0 radical (unpaired) electrons. The maximum Gasteiger partial charge on any atom is 0.320 e. The molecule has 2 aliphatic rings. The predicted molar refractivity (Wildman–Crippen MR) is 42.9 cm³/mol. The second-order valence-electron chi connectivity index (χ2n) is 2.20. The Labute approximate surface area is 74.3 Å². The van der Waals surface area contributed by atoms with E-state index in [0.29, 0.717) is 5.70 Å².